The summed E-state index contributed by atoms with van der Waals surface area (Å²) in [6, 6.07) is 19.3. The maximum atomic E-state index is 13.0. The number of carbonyl (C=O) groups is 1. The number of halogens is 3. The quantitative estimate of drug-likeness (QED) is 0.206. The third-order valence-electron chi connectivity index (χ3n) is 7.06. The second-order valence-corrected chi connectivity index (χ2v) is 10.3. The first-order chi connectivity index (χ1) is 20.2. The van der Waals surface area contributed by atoms with Gasteiger partial charge < -0.3 is 20.3 Å². The predicted molar refractivity (Wildman–Crippen MR) is 152 cm³/mol. The van der Waals surface area contributed by atoms with Gasteiger partial charge in [-0.3, -0.25) is 4.79 Å². The second kappa shape index (κ2) is 11.2. The van der Waals surface area contributed by atoms with Crippen molar-refractivity contribution < 1.29 is 23.1 Å². The zero-order chi connectivity index (χ0) is 29.3. The number of phenols is 1. The van der Waals surface area contributed by atoms with Gasteiger partial charge in [-0.2, -0.15) is 13.2 Å². The van der Waals surface area contributed by atoms with Crippen LogP contribution in [0.1, 0.15) is 39.9 Å². The molecule has 0 unspecified atom stereocenters. The summed E-state index contributed by atoms with van der Waals surface area (Å²) in [5.41, 5.74) is 3.27. The molecule has 42 heavy (non-hydrogen) atoms. The summed E-state index contributed by atoms with van der Waals surface area (Å²) >= 11 is 0. The SMILES string of the molecule is O=C(NC1CC1)c1ccc(-c2nc(NCCc3ccc(O)cc3)c3ncn(Cc4ccc(C(F)(F)F)cc4)c3n2)cc1. The van der Waals surface area contributed by atoms with Gasteiger partial charge in [0.2, 0.25) is 0 Å². The number of phenolic OH excluding ortho intramolecular Hbond substituents is 1. The standard InChI is InChI=1S/C31H27F3N6O2/c32-31(33,34)23-9-1-20(2-10-23)17-40-18-36-26-28(35-16-15-19-3-13-25(41)14-4-19)38-27(39-29(26)40)21-5-7-22(8-6-21)30(42)37-24-11-12-24/h1-10,13-14,18,24,41H,11-12,15-17H2,(H,37,42)(H,35,38,39). The van der Waals surface area contributed by atoms with E-state index in [1.54, 1.807) is 47.3 Å². The average Bonchev–Trinajstić information content (AvgIpc) is 3.71. The van der Waals surface area contributed by atoms with Gasteiger partial charge in [0, 0.05) is 23.7 Å². The Morgan fingerprint density at radius 2 is 1.62 bits per heavy atom. The number of alkyl halides is 3. The van der Waals surface area contributed by atoms with Crippen LogP contribution in [-0.4, -0.2) is 43.1 Å². The molecule has 214 valence electrons. The van der Waals surface area contributed by atoms with Crippen LogP contribution in [0, 0.1) is 0 Å². The zero-order valence-electron chi connectivity index (χ0n) is 22.4. The number of rotatable bonds is 9. The van der Waals surface area contributed by atoms with Crippen LogP contribution in [0.25, 0.3) is 22.6 Å². The third-order valence-corrected chi connectivity index (χ3v) is 7.06. The lowest BCUT2D eigenvalue weighted by Gasteiger charge is -2.11. The minimum Gasteiger partial charge on any atom is -0.508 e. The van der Waals surface area contributed by atoms with Gasteiger partial charge in [0.05, 0.1) is 18.4 Å². The fraction of sp³-hybridized carbons (Fsp3) is 0.226. The van der Waals surface area contributed by atoms with E-state index in [1.165, 1.54) is 12.1 Å². The third kappa shape index (κ3) is 6.19. The first-order valence-electron chi connectivity index (χ1n) is 13.5. The number of hydrogen-bond acceptors (Lipinski definition) is 6. The molecule has 11 heteroatoms. The number of benzene rings is 3. The molecule has 0 spiro atoms. The van der Waals surface area contributed by atoms with E-state index in [2.05, 4.69) is 15.6 Å². The number of nitrogens with one attached hydrogen (secondary N) is 2. The predicted octanol–water partition coefficient (Wildman–Crippen LogP) is 5.81. The number of hydrogen-bond donors (Lipinski definition) is 3. The minimum absolute atomic E-state index is 0.119. The maximum absolute atomic E-state index is 13.0. The van der Waals surface area contributed by atoms with Gasteiger partial charge in [0.15, 0.2) is 17.3 Å². The molecule has 0 radical (unpaired) electrons. The Labute approximate surface area is 239 Å². The molecule has 1 fully saturated rings. The summed E-state index contributed by atoms with van der Waals surface area (Å²) in [4.78, 5) is 26.5. The van der Waals surface area contributed by atoms with Crippen LogP contribution < -0.4 is 10.6 Å². The molecule has 2 heterocycles. The number of aromatic hydroxyl groups is 1. The zero-order valence-corrected chi connectivity index (χ0v) is 22.4. The molecule has 0 aliphatic heterocycles. The highest BCUT2D eigenvalue weighted by atomic mass is 19.4. The summed E-state index contributed by atoms with van der Waals surface area (Å²) in [6.07, 6.45) is -0.146. The molecule has 5 aromatic rings. The normalized spacial score (nSPS) is 13.3. The first-order valence-corrected chi connectivity index (χ1v) is 13.5. The molecule has 2 aromatic heterocycles. The van der Waals surface area contributed by atoms with Crippen molar-refractivity contribution in [2.24, 2.45) is 0 Å². The lowest BCUT2D eigenvalue weighted by molar-refractivity contribution is -0.137. The van der Waals surface area contributed by atoms with Crippen molar-refractivity contribution in [3.63, 3.8) is 0 Å². The fourth-order valence-corrected chi connectivity index (χ4v) is 4.56. The highest BCUT2D eigenvalue weighted by Gasteiger charge is 2.30. The molecule has 1 aliphatic rings. The fourth-order valence-electron chi connectivity index (χ4n) is 4.56. The molecule has 0 atom stereocenters. The van der Waals surface area contributed by atoms with Crippen LogP contribution in [0.3, 0.4) is 0 Å². The number of carbonyl (C=O) groups excluding carboxylic acids is 1. The Balaban J connectivity index is 1.30. The van der Waals surface area contributed by atoms with Crippen molar-refractivity contribution in [3.05, 3.63) is 101 Å². The highest BCUT2D eigenvalue weighted by molar-refractivity contribution is 5.95. The molecule has 1 saturated carbocycles. The van der Waals surface area contributed by atoms with Crippen molar-refractivity contribution >= 4 is 22.9 Å². The Morgan fingerprint density at radius 3 is 2.29 bits per heavy atom. The Kier molecular flexibility index (Phi) is 7.24. The number of aromatic nitrogens is 4. The second-order valence-electron chi connectivity index (χ2n) is 10.3. The Morgan fingerprint density at radius 1 is 0.929 bits per heavy atom. The van der Waals surface area contributed by atoms with Crippen molar-refractivity contribution in [1.82, 2.24) is 24.8 Å². The van der Waals surface area contributed by atoms with Crippen molar-refractivity contribution in [2.45, 2.75) is 38.0 Å². The smallest absolute Gasteiger partial charge is 0.416 e. The largest absolute Gasteiger partial charge is 0.508 e. The number of nitrogens with zero attached hydrogens (tertiary/aromatic N) is 4. The summed E-state index contributed by atoms with van der Waals surface area (Å²) in [5, 5.41) is 15.9. The lowest BCUT2D eigenvalue weighted by Crippen LogP contribution is -2.25. The molecule has 6 rings (SSSR count). The Bertz CT molecular complexity index is 1710. The van der Waals surface area contributed by atoms with E-state index in [-0.39, 0.29) is 24.2 Å². The van der Waals surface area contributed by atoms with Crippen molar-refractivity contribution in [3.8, 4) is 17.1 Å². The van der Waals surface area contributed by atoms with Crippen LogP contribution in [-0.2, 0) is 19.1 Å². The van der Waals surface area contributed by atoms with Crippen LogP contribution in [0.2, 0.25) is 0 Å². The topological polar surface area (TPSA) is 105 Å². The number of imidazole rings is 1. The number of anilines is 1. The minimum atomic E-state index is -4.41. The first kappa shape index (κ1) is 27.3. The summed E-state index contributed by atoms with van der Waals surface area (Å²) in [5.74, 6) is 1.00. The van der Waals surface area contributed by atoms with E-state index in [9.17, 15) is 23.1 Å². The van der Waals surface area contributed by atoms with Crippen LogP contribution in [0.4, 0.5) is 19.0 Å². The van der Waals surface area contributed by atoms with Crippen molar-refractivity contribution in [2.75, 3.05) is 11.9 Å². The molecular formula is C31H27F3N6O2. The Hall–Kier alpha value is -4.93. The van der Waals surface area contributed by atoms with Crippen molar-refractivity contribution in [1.29, 1.82) is 0 Å². The van der Waals surface area contributed by atoms with E-state index < -0.39 is 11.7 Å². The van der Waals surface area contributed by atoms with Gasteiger partial charge >= 0.3 is 6.18 Å². The molecule has 0 bridgehead atoms. The lowest BCUT2D eigenvalue weighted by atomic mass is 10.1. The van der Waals surface area contributed by atoms with Gasteiger partial charge in [-0.15, -0.1) is 0 Å². The number of fused-ring (bicyclic) bond motifs is 1. The summed E-state index contributed by atoms with van der Waals surface area (Å²) in [6.45, 7) is 0.792. The maximum Gasteiger partial charge on any atom is 0.416 e. The van der Waals surface area contributed by atoms with E-state index in [4.69, 9.17) is 9.97 Å². The highest BCUT2D eigenvalue weighted by Crippen LogP contribution is 2.30. The van der Waals surface area contributed by atoms with Gasteiger partial charge in [0.1, 0.15) is 11.3 Å². The van der Waals surface area contributed by atoms with E-state index in [0.29, 0.717) is 52.5 Å². The van der Waals surface area contributed by atoms with Gasteiger partial charge in [-0.25, -0.2) is 15.0 Å². The van der Waals surface area contributed by atoms with Crippen LogP contribution >= 0.6 is 0 Å². The molecule has 3 N–H and O–H groups in total. The van der Waals surface area contributed by atoms with Gasteiger partial charge in [-0.1, -0.05) is 36.4 Å². The monoisotopic (exact) mass is 572 g/mol. The summed E-state index contributed by atoms with van der Waals surface area (Å²) < 4.78 is 40.9. The van der Waals surface area contributed by atoms with E-state index >= 15 is 0 Å². The van der Waals surface area contributed by atoms with Gasteiger partial charge in [-0.05, 0) is 66.8 Å². The van der Waals surface area contributed by atoms with E-state index in [0.717, 1.165) is 30.5 Å². The average molecular weight is 573 g/mol. The number of amides is 1. The molecule has 1 amide bonds. The van der Waals surface area contributed by atoms with Crippen LogP contribution in [0.15, 0.2) is 79.1 Å². The molecule has 1 aliphatic carbocycles. The molecule has 8 nitrogen and oxygen atoms in total. The molecule has 3 aromatic carbocycles. The van der Waals surface area contributed by atoms with Crippen LogP contribution in [0.5, 0.6) is 5.75 Å². The molecule has 0 saturated heterocycles. The van der Waals surface area contributed by atoms with E-state index in [1.807, 2.05) is 12.1 Å². The molecular weight excluding hydrogens is 545 g/mol. The van der Waals surface area contributed by atoms with Gasteiger partial charge in [0.25, 0.3) is 5.91 Å². The summed E-state index contributed by atoms with van der Waals surface area (Å²) in [7, 11) is 0.